The fraction of sp³-hybridized carbons (Fsp3) is 0.316. The van der Waals surface area contributed by atoms with Crippen LogP contribution < -0.4 is 9.64 Å². The number of aromatic amines is 1. The van der Waals surface area contributed by atoms with E-state index in [2.05, 4.69) is 26.8 Å². The highest BCUT2D eigenvalue weighted by molar-refractivity contribution is 6.35. The Balaban J connectivity index is 1.42. The summed E-state index contributed by atoms with van der Waals surface area (Å²) in [5.41, 5.74) is 9.24. The number of carbonyl (C=O) groups excluding carboxylic acids is 1. The van der Waals surface area contributed by atoms with Crippen molar-refractivity contribution in [3.63, 3.8) is 0 Å². The molecule has 0 aliphatic heterocycles. The molecular formula is C38H40Cl2N6O4. The van der Waals surface area contributed by atoms with Gasteiger partial charge in [0.05, 0.1) is 45.8 Å². The first-order valence-corrected chi connectivity index (χ1v) is 17.2. The quantitative estimate of drug-likeness (QED) is 0.0962. The zero-order valence-corrected chi connectivity index (χ0v) is 30.7. The number of halogens is 2. The van der Waals surface area contributed by atoms with Gasteiger partial charge in [0, 0.05) is 65.0 Å². The van der Waals surface area contributed by atoms with Gasteiger partial charge < -0.3 is 19.3 Å². The van der Waals surface area contributed by atoms with E-state index >= 15 is 0 Å². The molecule has 6 rings (SSSR count). The maximum atomic E-state index is 13.1. The van der Waals surface area contributed by atoms with E-state index in [0.717, 1.165) is 72.9 Å². The van der Waals surface area contributed by atoms with Crippen LogP contribution in [0, 0.1) is 27.7 Å². The minimum absolute atomic E-state index is 0.179. The van der Waals surface area contributed by atoms with Crippen molar-refractivity contribution >= 4 is 63.0 Å². The van der Waals surface area contributed by atoms with Crippen LogP contribution in [0.15, 0.2) is 42.6 Å². The fourth-order valence-corrected chi connectivity index (χ4v) is 7.47. The van der Waals surface area contributed by atoms with Crippen molar-refractivity contribution in [3.05, 3.63) is 92.0 Å². The minimum atomic E-state index is -1.02. The Bertz CT molecular complexity index is 2240. The Morgan fingerprint density at radius 3 is 2.44 bits per heavy atom. The number of anilines is 1. The van der Waals surface area contributed by atoms with Gasteiger partial charge in [-0.1, -0.05) is 29.3 Å². The maximum absolute atomic E-state index is 13.1. The molecule has 0 saturated heterocycles. The normalized spacial score (nSPS) is 12.2. The standard InChI is InChI=1S/C38H40Cl2N6O4/c1-20-13-26(14-21(2)36(20)40)50-12-8-9-27-28-10-11-31(39)35(34-23(4)42-43-24(34)5)37(28)46(33(27)19-47)22(3)18-44(6)25-15-29(38(48)49)30-17-41-45(7)32(30)16-25/h10-11,13-17,19,22H,8-9,12,18H2,1-7H3,(H,42,43)(H,48,49)/t22-/m1/s1. The van der Waals surface area contributed by atoms with Crippen LogP contribution in [0.2, 0.25) is 10.0 Å². The van der Waals surface area contributed by atoms with Crippen molar-refractivity contribution in [2.75, 3.05) is 25.1 Å². The average molecular weight is 716 g/mol. The SMILES string of the molecule is Cc1cc(OCCCc2c(C=O)n([C@H](C)CN(C)c3cc(C(=O)O)c4cnn(C)c4c3)c3c(-c4c(C)n[nH]c4C)c(Cl)ccc23)cc(C)c1Cl. The third-order valence-corrected chi connectivity index (χ3v) is 10.4. The lowest BCUT2D eigenvalue weighted by atomic mass is 9.98. The van der Waals surface area contributed by atoms with Crippen molar-refractivity contribution in [1.29, 1.82) is 0 Å². The van der Waals surface area contributed by atoms with Gasteiger partial charge in [0.25, 0.3) is 0 Å². The van der Waals surface area contributed by atoms with Gasteiger partial charge in [-0.25, -0.2) is 4.79 Å². The molecule has 6 aromatic rings. The molecule has 10 nitrogen and oxygen atoms in total. The van der Waals surface area contributed by atoms with Crippen molar-refractivity contribution in [2.24, 2.45) is 7.05 Å². The number of benzene rings is 3. The van der Waals surface area contributed by atoms with E-state index in [1.807, 2.05) is 70.0 Å². The molecule has 0 saturated carbocycles. The summed E-state index contributed by atoms with van der Waals surface area (Å²) in [7, 11) is 3.71. The van der Waals surface area contributed by atoms with E-state index < -0.39 is 5.97 Å². The number of likely N-dealkylation sites (N-methyl/N-ethyl adjacent to an activating group) is 1. The van der Waals surface area contributed by atoms with E-state index in [1.165, 1.54) is 0 Å². The maximum Gasteiger partial charge on any atom is 0.336 e. The molecule has 1 atom stereocenters. The van der Waals surface area contributed by atoms with Gasteiger partial charge in [0.15, 0.2) is 6.29 Å². The molecule has 3 heterocycles. The number of fused-ring (bicyclic) bond motifs is 2. The van der Waals surface area contributed by atoms with Gasteiger partial charge >= 0.3 is 5.97 Å². The first-order chi connectivity index (χ1) is 23.8. The van der Waals surface area contributed by atoms with Gasteiger partial charge in [-0.05, 0) is 94.5 Å². The highest BCUT2D eigenvalue weighted by atomic mass is 35.5. The Kier molecular flexibility index (Phi) is 9.70. The number of hydrogen-bond acceptors (Lipinski definition) is 6. The molecule has 0 aliphatic rings. The molecule has 2 N–H and O–H groups in total. The number of aryl methyl sites for hydroxylation is 6. The predicted molar refractivity (Wildman–Crippen MR) is 200 cm³/mol. The number of carboxylic acids is 1. The monoisotopic (exact) mass is 714 g/mol. The van der Waals surface area contributed by atoms with Gasteiger partial charge in [-0.3, -0.25) is 14.6 Å². The molecule has 3 aromatic carbocycles. The van der Waals surface area contributed by atoms with E-state index in [9.17, 15) is 14.7 Å². The molecule has 0 aliphatic carbocycles. The largest absolute Gasteiger partial charge is 0.494 e. The first-order valence-electron chi connectivity index (χ1n) is 16.4. The number of carboxylic acid groups (broad SMARTS) is 1. The molecule has 0 bridgehead atoms. The van der Waals surface area contributed by atoms with Crippen molar-refractivity contribution in [3.8, 4) is 16.9 Å². The van der Waals surface area contributed by atoms with Crippen LogP contribution in [-0.2, 0) is 13.5 Å². The number of nitrogens with one attached hydrogen (secondary N) is 1. The molecule has 0 fully saturated rings. The summed E-state index contributed by atoms with van der Waals surface area (Å²) in [6.45, 7) is 10.8. The lowest BCUT2D eigenvalue weighted by molar-refractivity contribution is 0.0699. The molecule has 260 valence electrons. The Morgan fingerprint density at radius 2 is 1.80 bits per heavy atom. The lowest BCUT2D eigenvalue weighted by Crippen LogP contribution is -2.27. The van der Waals surface area contributed by atoms with Crippen LogP contribution >= 0.6 is 23.2 Å². The molecule has 12 heteroatoms. The van der Waals surface area contributed by atoms with E-state index in [-0.39, 0.29) is 11.6 Å². The second kappa shape index (κ2) is 13.8. The fourth-order valence-electron chi connectivity index (χ4n) is 7.11. The van der Waals surface area contributed by atoms with Gasteiger partial charge in [-0.15, -0.1) is 0 Å². The molecule has 0 unspecified atom stereocenters. The number of rotatable bonds is 12. The number of aromatic carboxylic acids is 1. The number of ether oxygens (including phenoxy) is 1. The first kappa shape index (κ1) is 35.0. The highest BCUT2D eigenvalue weighted by Gasteiger charge is 2.27. The second-order valence-corrected chi connectivity index (χ2v) is 13.8. The van der Waals surface area contributed by atoms with Crippen molar-refractivity contribution < 1.29 is 19.4 Å². The topological polar surface area (TPSA) is 118 Å². The Labute approximate surface area is 300 Å². The molecular weight excluding hydrogens is 675 g/mol. The summed E-state index contributed by atoms with van der Waals surface area (Å²) in [6.07, 6.45) is 3.76. The average Bonchev–Trinajstić information content (AvgIpc) is 3.73. The van der Waals surface area contributed by atoms with Gasteiger partial charge in [0.1, 0.15) is 5.75 Å². The van der Waals surface area contributed by atoms with Crippen LogP contribution in [0.3, 0.4) is 0 Å². The summed E-state index contributed by atoms with van der Waals surface area (Å²) < 4.78 is 9.88. The number of aromatic nitrogens is 5. The second-order valence-electron chi connectivity index (χ2n) is 13.0. The number of carbonyl (C=O) groups is 2. The van der Waals surface area contributed by atoms with E-state index in [1.54, 1.807) is 24.0 Å². The lowest BCUT2D eigenvalue weighted by Gasteiger charge is -2.27. The van der Waals surface area contributed by atoms with E-state index in [0.29, 0.717) is 47.6 Å². The third kappa shape index (κ3) is 6.22. The van der Waals surface area contributed by atoms with Crippen LogP contribution in [0.25, 0.3) is 32.9 Å². The van der Waals surface area contributed by atoms with Crippen LogP contribution in [0.5, 0.6) is 5.75 Å². The summed E-state index contributed by atoms with van der Waals surface area (Å²) in [5.74, 6) is -0.263. The highest BCUT2D eigenvalue weighted by Crippen LogP contribution is 2.43. The van der Waals surface area contributed by atoms with E-state index in [4.69, 9.17) is 27.9 Å². The molecule has 3 aromatic heterocycles. The molecule has 0 radical (unpaired) electrons. The number of aldehydes is 1. The third-order valence-electron chi connectivity index (χ3n) is 9.50. The Morgan fingerprint density at radius 1 is 1.08 bits per heavy atom. The molecule has 50 heavy (non-hydrogen) atoms. The van der Waals surface area contributed by atoms with Crippen molar-refractivity contribution in [2.45, 2.75) is 53.5 Å². The Hall–Kier alpha value is -4.80. The number of hydrogen-bond donors (Lipinski definition) is 2. The van der Waals surface area contributed by atoms with Gasteiger partial charge in [-0.2, -0.15) is 10.2 Å². The molecule has 0 amide bonds. The van der Waals surface area contributed by atoms with Crippen LogP contribution in [0.1, 0.15) is 68.3 Å². The summed E-state index contributed by atoms with van der Waals surface area (Å²) in [5, 5.41) is 24.6. The number of nitrogens with zero attached hydrogens (tertiary/aromatic N) is 5. The van der Waals surface area contributed by atoms with Crippen molar-refractivity contribution in [1.82, 2.24) is 24.5 Å². The van der Waals surface area contributed by atoms with Crippen LogP contribution in [0.4, 0.5) is 5.69 Å². The summed E-state index contributed by atoms with van der Waals surface area (Å²) >= 11 is 13.4. The van der Waals surface area contributed by atoms with Crippen LogP contribution in [-0.4, -0.2) is 62.1 Å². The number of H-pyrrole nitrogens is 1. The predicted octanol–water partition coefficient (Wildman–Crippen LogP) is 8.68. The summed E-state index contributed by atoms with van der Waals surface area (Å²) in [6, 6.07) is 11.1. The van der Waals surface area contributed by atoms with Gasteiger partial charge in [0.2, 0.25) is 0 Å². The zero-order chi connectivity index (χ0) is 36.0. The smallest absolute Gasteiger partial charge is 0.336 e. The minimum Gasteiger partial charge on any atom is -0.494 e. The summed E-state index contributed by atoms with van der Waals surface area (Å²) in [4.78, 5) is 27.3. The molecule has 0 spiro atoms. The zero-order valence-electron chi connectivity index (χ0n) is 29.2.